The van der Waals surface area contributed by atoms with Gasteiger partial charge in [0.2, 0.25) is 0 Å². The first-order chi connectivity index (χ1) is 7.58. The quantitative estimate of drug-likeness (QED) is 0.897. The van der Waals surface area contributed by atoms with Crippen LogP contribution in [0.15, 0.2) is 21.1 Å². The third-order valence-corrected chi connectivity index (χ3v) is 3.32. The van der Waals surface area contributed by atoms with Crippen LogP contribution in [0.1, 0.15) is 13.3 Å². The molecule has 0 aliphatic carbocycles. The second kappa shape index (κ2) is 6.12. The number of benzene rings is 1. The minimum absolute atomic E-state index is 0.104. The molecule has 1 N–H and O–H groups in total. The van der Waals surface area contributed by atoms with Crippen molar-refractivity contribution in [3.05, 3.63) is 21.1 Å². The van der Waals surface area contributed by atoms with Gasteiger partial charge in [-0.3, -0.25) is 0 Å². The maximum Gasteiger partial charge on any atom is 0.135 e. The Morgan fingerprint density at radius 3 is 2.69 bits per heavy atom. The Bertz CT molecular complexity index is 415. The van der Waals surface area contributed by atoms with Gasteiger partial charge in [-0.1, -0.05) is 0 Å². The number of ether oxygens (including phenoxy) is 1. The van der Waals surface area contributed by atoms with Crippen LogP contribution < -0.4 is 10.1 Å². The van der Waals surface area contributed by atoms with Crippen molar-refractivity contribution in [2.75, 3.05) is 12.4 Å². The van der Waals surface area contributed by atoms with Crippen molar-refractivity contribution in [2.24, 2.45) is 0 Å². The van der Waals surface area contributed by atoms with Gasteiger partial charge in [0.15, 0.2) is 0 Å². The van der Waals surface area contributed by atoms with Crippen molar-refractivity contribution in [3.8, 4) is 11.8 Å². The molecule has 0 aliphatic heterocycles. The summed E-state index contributed by atoms with van der Waals surface area (Å²) < 4.78 is 7.03. The lowest BCUT2D eigenvalue weighted by Gasteiger charge is -2.15. The monoisotopic (exact) mass is 346 g/mol. The number of hydrogen-bond donors (Lipinski definition) is 1. The Kier molecular flexibility index (Phi) is 5.10. The van der Waals surface area contributed by atoms with Crippen molar-refractivity contribution in [2.45, 2.75) is 19.4 Å². The molecule has 0 saturated carbocycles. The van der Waals surface area contributed by atoms with E-state index in [1.807, 2.05) is 19.1 Å². The van der Waals surface area contributed by atoms with E-state index >= 15 is 0 Å². The lowest BCUT2D eigenvalue weighted by Crippen LogP contribution is -2.14. The summed E-state index contributed by atoms with van der Waals surface area (Å²) in [7, 11) is 1.62. The molecule has 1 unspecified atom stereocenters. The highest BCUT2D eigenvalue weighted by atomic mass is 79.9. The first-order valence-electron chi connectivity index (χ1n) is 4.75. The fourth-order valence-electron chi connectivity index (χ4n) is 1.25. The Balaban J connectivity index is 2.92. The van der Waals surface area contributed by atoms with E-state index in [1.54, 1.807) is 7.11 Å². The van der Waals surface area contributed by atoms with Gasteiger partial charge in [-0.05, 0) is 44.8 Å². The van der Waals surface area contributed by atoms with Crippen molar-refractivity contribution in [1.29, 1.82) is 5.26 Å². The summed E-state index contributed by atoms with van der Waals surface area (Å²) in [6, 6.07) is 6.04. The number of rotatable bonds is 4. The van der Waals surface area contributed by atoms with Gasteiger partial charge in [-0.15, -0.1) is 0 Å². The minimum atomic E-state index is 0.104. The maximum absolute atomic E-state index is 8.59. The van der Waals surface area contributed by atoms with Crippen molar-refractivity contribution >= 4 is 37.5 Å². The topological polar surface area (TPSA) is 45.0 Å². The summed E-state index contributed by atoms with van der Waals surface area (Å²) in [5, 5.41) is 11.8. The highest BCUT2D eigenvalue weighted by molar-refractivity contribution is 9.11. The summed E-state index contributed by atoms with van der Waals surface area (Å²) in [6.07, 6.45) is 0.463. The van der Waals surface area contributed by atoms with Gasteiger partial charge in [0.25, 0.3) is 0 Å². The Labute approximate surface area is 112 Å². The normalized spacial score (nSPS) is 11.7. The molecule has 1 atom stereocenters. The molecule has 16 heavy (non-hydrogen) atoms. The highest BCUT2D eigenvalue weighted by Gasteiger charge is 2.09. The third-order valence-electron chi connectivity index (χ3n) is 2.04. The first-order valence-corrected chi connectivity index (χ1v) is 6.33. The van der Waals surface area contributed by atoms with Crippen LogP contribution in [0.2, 0.25) is 0 Å². The average molecular weight is 348 g/mol. The summed E-state index contributed by atoms with van der Waals surface area (Å²) >= 11 is 6.86. The van der Waals surface area contributed by atoms with Crippen LogP contribution >= 0.6 is 31.9 Å². The van der Waals surface area contributed by atoms with Gasteiger partial charge in [0, 0.05) is 16.6 Å². The van der Waals surface area contributed by atoms with Gasteiger partial charge in [-0.2, -0.15) is 5.26 Å². The van der Waals surface area contributed by atoms with E-state index in [0.717, 1.165) is 20.4 Å². The molecule has 1 aromatic rings. The van der Waals surface area contributed by atoms with Crippen LogP contribution in [-0.4, -0.2) is 13.2 Å². The second-order valence-electron chi connectivity index (χ2n) is 3.37. The van der Waals surface area contributed by atoms with Gasteiger partial charge in [0.05, 0.1) is 29.8 Å². The molecule has 0 radical (unpaired) electrons. The second-order valence-corrected chi connectivity index (χ2v) is 5.08. The van der Waals surface area contributed by atoms with Crippen LogP contribution in [0.25, 0.3) is 0 Å². The lowest BCUT2D eigenvalue weighted by molar-refractivity contribution is 0.412. The number of hydrogen-bond acceptors (Lipinski definition) is 3. The van der Waals surface area contributed by atoms with Crippen LogP contribution in [0.3, 0.4) is 0 Å². The molecule has 1 aromatic carbocycles. The zero-order valence-electron chi connectivity index (χ0n) is 9.05. The van der Waals surface area contributed by atoms with Crippen molar-refractivity contribution in [3.63, 3.8) is 0 Å². The number of methoxy groups -OCH3 is 1. The number of anilines is 1. The van der Waals surface area contributed by atoms with E-state index in [9.17, 15) is 0 Å². The number of nitrogens with zero attached hydrogens (tertiary/aromatic N) is 1. The SMILES string of the molecule is COc1cc(NC(C)CC#N)c(Br)cc1Br. The molecule has 1 rings (SSSR count). The van der Waals surface area contributed by atoms with E-state index in [2.05, 4.69) is 43.2 Å². The first kappa shape index (κ1) is 13.3. The zero-order valence-corrected chi connectivity index (χ0v) is 12.2. The number of nitriles is 1. The predicted octanol–water partition coefficient (Wildman–Crippen LogP) is 3.93. The molecule has 0 amide bonds. The maximum atomic E-state index is 8.59. The Hall–Kier alpha value is -0.730. The van der Waals surface area contributed by atoms with Gasteiger partial charge >= 0.3 is 0 Å². The fourth-order valence-corrected chi connectivity index (χ4v) is 2.52. The molecule has 86 valence electrons. The van der Waals surface area contributed by atoms with E-state index in [1.165, 1.54) is 0 Å². The largest absolute Gasteiger partial charge is 0.495 e. The molecule has 5 heteroatoms. The number of nitrogens with one attached hydrogen (secondary N) is 1. The molecular weight excluding hydrogens is 336 g/mol. The molecule has 3 nitrogen and oxygen atoms in total. The molecule has 0 saturated heterocycles. The molecule has 0 spiro atoms. The summed E-state index contributed by atoms with van der Waals surface area (Å²) in [4.78, 5) is 0. The molecular formula is C11H12Br2N2O. The highest BCUT2D eigenvalue weighted by Crippen LogP contribution is 2.34. The van der Waals surface area contributed by atoms with E-state index < -0.39 is 0 Å². The van der Waals surface area contributed by atoms with Gasteiger partial charge < -0.3 is 10.1 Å². The van der Waals surface area contributed by atoms with Crippen LogP contribution in [0.5, 0.6) is 5.75 Å². The van der Waals surface area contributed by atoms with Crippen LogP contribution in [-0.2, 0) is 0 Å². The molecule has 0 fully saturated rings. The predicted molar refractivity (Wildman–Crippen MR) is 71.7 cm³/mol. The molecule has 0 aromatic heterocycles. The van der Waals surface area contributed by atoms with Gasteiger partial charge in [0.1, 0.15) is 5.75 Å². The average Bonchev–Trinajstić information content (AvgIpc) is 2.22. The van der Waals surface area contributed by atoms with Crippen LogP contribution in [0.4, 0.5) is 5.69 Å². The molecule has 0 bridgehead atoms. The zero-order chi connectivity index (χ0) is 12.1. The van der Waals surface area contributed by atoms with E-state index in [0.29, 0.717) is 6.42 Å². The Morgan fingerprint density at radius 1 is 1.44 bits per heavy atom. The lowest BCUT2D eigenvalue weighted by atomic mass is 10.2. The molecule has 0 heterocycles. The molecule has 0 aliphatic rings. The van der Waals surface area contributed by atoms with E-state index in [4.69, 9.17) is 10.00 Å². The smallest absolute Gasteiger partial charge is 0.135 e. The Morgan fingerprint density at radius 2 is 2.12 bits per heavy atom. The fraction of sp³-hybridized carbons (Fsp3) is 0.364. The summed E-state index contributed by atoms with van der Waals surface area (Å²) in [5.74, 6) is 0.759. The van der Waals surface area contributed by atoms with Crippen molar-refractivity contribution in [1.82, 2.24) is 0 Å². The van der Waals surface area contributed by atoms with Crippen LogP contribution in [0, 0.1) is 11.3 Å². The third kappa shape index (κ3) is 3.39. The van der Waals surface area contributed by atoms with Crippen molar-refractivity contribution < 1.29 is 4.74 Å². The number of halogens is 2. The minimum Gasteiger partial charge on any atom is -0.495 e. The summed E-state index contributed by atoms with van der Waals surface area (Å²) in [6.45, 7) is 1.96. The van der Waals surface area contributed by atoms with E-state index in [-0.39, 0.29) is 6.04 Å². The van der Waals surface area contributed by atoms with Gasteiger partial charge in [-0.25, -0.2) is 0 Å². The summed E-state index contributed by atoms with van der Waals surface area (Å²) in [5.41, 5.74) is 0.919. The standard InChI is InChI=1S/C11H12Br2N2O/c1-7(3-4-14)15-10-6-11(16-2)9(13)5-8(10)12/h5-7,15H,3H2,1-2H3.